The van der Waals surface area contributed by atoms with Gasteiger partial charge >= 0.3 is 0 Å². The molecule has 0 saturated carbocycles. The van der Waals surface area contributed by atoms with Crippen LogP contribution in [0, 0.1) is 20.8 Å². The fourth-order valence-electron chi connectivity index (χ4n) is 1.42. The lowest BCUT2D eigenvalue weighted by Gasteiger charge is -2.09. The van der Waals surface area contributed by atoms with Crippen LogP contribution in [-0.4, -0.2) is 4.57 Å². The van der Waals surface area contributed by atoms with E-state index < -0.39 is 0 Å². The van der Waals surface area contributed by atoms with Crippen LogP contribution in [-0.2, 0) is 0 Å². The third kappa shape index (κ3) is 1.32. The Balaban J connectivity index is 3.19. The van der Waals surface area contributed by atoms with Crippen molar-refractivity contribution in [3.05, 3.63) is 23.0 Å². The van der Waals surface area contributed by atoms with Gasteiger partial charge in [0.15, 0.2) is 0 Å². The van der Waals surface area contributed by atoms with Crippen LogP contribution in [0.3, 0.4) is 0 Å². The van der Waals surface area contributed by atoms with E-state index in [-0.39, 0.29) is 0 Å². The lowest BCUT2D eigenvalue weighted by atomic mass is 10.2. The van der Waals surface area contributed by atoms with E-state index in [1.165, 1.54) is 16.8 Å². The van der Waals surface area contributed by atoms with Crippen molar-refractivity contribution in [1.29, 1.82) is 0 Å². The molecule has 0 bridgehead atoms. The molecule has 0 amide bonds. The summed E-state index contributed by atoms with van der Waals surface area (Å²) in [4.78, 5) is 0. The van der Waals surface area contributed by atoms with Crippen LogP contribution in [0.25, 0.3) is 0 Å². The summed E-state index contributed by atoms with van der Waals surface area (Å²) in [5.74, 6) is 0. The highest BCUT2D eigenvalue weighted by atomic mass is 15.0. The predicted octanol–water partition coefficient (Wildman–Crippen LogP) is 2.99. The van der Waals surface area contributed by atoms with E-state index in [0.29, 0.717) is 6.04 Å². The van der Waals surface area contributed by atoms with Crippen molar-refractivity contribution in [3.8, 4) is 0 Å². The van der Waals surface area contributed by atoms with Crippen molar-refractivity contribution in [1.82, 2.24) is 4.57 Å². The SMILES string of the molecule is Cc1cn(C(C)C)c(C)c1C. The highest BCUT2D eigenvalue weighted by Crippen LogP contribution is 2.18. The van der Waals surface area contributed by atoms with Crippen molar-refractivity contribution in [3.63, 3.8) is 0 Å². The maximum Gasteiger partial charge on any atom is 0.0276 e. The topological polar surface area (TPSA) is 4.93 Å². The van der Waals surface area contributed by atoms with Crippen LogP contribution < -0.4 is 0 Å². The predicted molar refractivity (Wildman–Crippen MR) is 49.0 cm³/mol. The summed E-state index contributed by atoms with van der Waals surface area (Å²) in [7, 11) is 0. The number of nitrogens with zero attached hydrogens (tertiary/aromatic N) is 1. The molecule has 0 saturated heterocycles. The monoisotopic (exact) mass is 151 g/mol. The highest BCUT2D eigenvalue weighted by Gasteiger charge is 2.06. The molecule has 0 fully saturated rings. The Morgan fingerprint density at radius 1 is 1.18 bits per heavy atom. The van der Waals surface area contributed by atoms with Crippen LogP contribution in [0.15, 0.2) is 6.20 Å². The first-order valence-electron chi connectivity index (χ1n) is 4.18. The molecule has 0 aliphatic carbocycles. The van der Waals surface area contributed by atoms with E-state index in [2.05, 4.69) is 45.4 Å². The Hall–Kier alpha value is -0.720. The van der Waals surface area contributed by atoms with Crippen LogP contribution >= 0.6 is 0 Å². The van der Waals surface area contributed by atoms with Crippen molar-refractivity contribution in [2.75, 3.05) is 0 Å². The minimum absolute atomic E-state index is 0.586. The van der Waals surface area contributed by atoms with E-state index in [9.17, 15) is 0 Å². The summed E-state index contributed by atoms with van der Waals surface area (Å²) < 4.78 is 2.32. The third-order valence-corrected chi connectivity index (χ3v) is 2.41. The zero-order valence-electron chi connectivity index (χ0n) is 8.10. The van der Waals surface area contributed by atoms with Crippen molar-refractivity contribution in [2.45, 2.75) is 40.7 Å². The van der Waals surface area contributed by atoms with Gasteiger partial charge in [-0.25, -0.2) is 0 Å². The Kier molecular flexibility index (Phi) is 2.08. The van der Waals surface area contributed by atoms with Crippen LogP contribution in [0.1, 0.15) is 36.7 Å². The molecule has 1 aromatic rings. The van der Waals surface area contributed by atoms with Gasteiger partial charge < -0.3 is 4.57 Å². The molecule has 1 heteroatoms. The number of aryl methyl sites for hydroxylation is 1. The average Bonchev–Trinajstić information content (AvgIpc) is 2.17. The van der Waals surface area contributed by atoms with E-state index in [0.717, 1.165) is 0 Å². The van der Waals surface area contributed by atoms with Crippen LogP contribution in [0.5, 0.6) is 0 Å². The summed E-state index contributed by atoms with van der Waals surface area (Å²) in [6.45, 7) is 11.0. The van der Waals surface area contributed by atoms with Gasteiger partial charge in [0.1, 0.15) is 0 Å². The fourth-order valence-corrected chi connectivity index (χ4v) is 1.42. The van der Waals surface area contributed by atoms with Crippen LogP contribution in [0.4, 0.5) is 0 Å². The van der Waals surface area contributed by atoms with Crippen LogP contribution in [0.2, 0.25) is 0 Å². The molecule has 11 heavy (non-hydrogen) atoms. The summed E-state index contributed by atoms with van der Waals surface area (Å²) in [5, 5.41) is 0. The Labute approximate surface area is 69.0 Å². The Morgan fingerprint density at radius 3 is 1.91 bits per heavy atom. The largest absolute Gasteiger partial charge is 0.349 e. The van der Waals surface area contributed by atoms with Crippen molar-refractivity contribution in [2.24, 2.45) is 0 Å². The molecule has 1 aromatic heterocycles. The fraction of sp³-hybridized carbons (Fsp3) is 0.600. The van der Waals surface area contributed by atoms with Gasteiger partial charge in [0.2, 0.25) is 0 Å². The van der Waals surface area contributed by atoms with Gasteiger partial charge in [-0.3, -0.25) is 0 Å². The third-order valence-electron chi connectivity index (χ3n) is 2.41. The number of rotatable bonds is 1. The van der Waals surface area contributed by atoms with E-state index in [1.807, 2.05) is 0 Å². The molecule has 62 valence electrons. The second-order valence-corrected chi connectivity index (χ2v) is 3.52. The molecule has 1 nitrogen and oxygen atoms in total. The Morgan fingerprint density at radius 2 is 1.73 bits per heavy atom. The van der Waals surface area contributed by atoms with E-state index in [4.69, 9.17) is 0 Å². The molecule has 0 aliphatic heterocycles. The van der Waals surface area contributed by atoms with Gasteiger partial charge in [0.25, 0.3) is 0 Å². The first-order chi connectivity index (χ1) is 5.04. The zero-order valence-corrected chi connectivity index (χ0v) is 8.10. The molecular weight excluding hydrogens is 134 g/mol. The molecule has 1 rings (SSSR count). The standard InChI is InChI=1S/C10H17N/c1-7(2)11-6-8(3)9(4)10(11)5/h6-7H,1-5H3. The first-order valence-corrected chi connectivity index (χ1v) is 4.18. The molecule has 0 N–H and O–H groups in total. The minimum atomic E-state index is 0.586. The van der Waals surface area contributed by atoms with Crippen molar-refractivity contribution >= 4 is 0 Å². The van der Waals surface area contributed by atoms with Gasteiger partial charge in [-0.15, -0.1) is 0 Å². The molecule has 0 aliphatic rings. The zero-order chi connectivity index (χ0) is 8.59. The van der Waals surface area contributed by atoms with Gasteiger partial charge in [0, 0.05) is 17.9 Å². The number of hydrogen-bond acceptors (Lipinski definition) is 0. The molecule has 0 radical (unpaired) electrons. The maximum absolute atomic E-state index is 2.32. The summed E-state index contributed by atoms with van der Waals surface area (Å²) in [5.41, 5.74) is 4.23. The molecule has 1 heterocycles. The second kappa shape index (κ2) is 2.72. The highest BCUT2D eigenvalue weighted by molar-refractivity contribution is 5.29. The second-order valence-electron chi connectivity index (χ2n) is 3.52. The molecule has 0 unspecified atom stereocenters. The number of aromatic nitrogens is 1. The summed E-state index contributed by atoms with van der Waals surface area (Å²) in [6.07, 6.45) is 2.23. The molecular formula is C10H17N. The van der Waals surface area contributed by atoms with Gasteiger partial charge in [-0.05, 0) is 45.7 Å². The molecule has 0 atom stereocenters. The quantitative estimate of drug-likeness (QED) is 0.581. The normalized spacial score (nSPS) is 11.1. The molecule has 0 spiro atoms. The summed E-state index contributed by atoms with van der Waals surface area (Å²) in [6, 6.07) is 0.586. The van der Waals surface area contributed by atoms with Gasteiger partial charge in [0.05, 0.1) is 0 Å². The first kappa shape index (κ1) is 8.38. The lowest BCUT2D eigenvalue weighted by Crippen LogP contribution is -2.00. The van der Waals surface area contributed by atoms with Gasteiger partial charge in [-0.1, -0.05) is 0 Å². The Bertz CT molecular complexity index is 256. The van der Waals surface area contributed by atoms with Crippen molar-refractivity contribution < 1.29 is 0 Å². The van der Waals surface area contributed by atoms with Gasteiger partial charge in [-0.2, -0.15) is 0 Å². The van der Waals surface area contributed by atoms with E-state index in [1.54, 1.807) is 0 Å². The molecule has 0 aromatic carbocycles. The summed E-state index contributed by atoms with van der Waals surface area (Å²) >= 11 is 0. The smallest absolute Gasteiger partial charge is 0.0276 e. The van der Waals surface area contributed by atoms with E-state index >= 15 is 0 Å². The average molecular weight is 151 g/mol. The minimum Gasteiger partial charge on any atom is -0.349 e. The lowest BCUT2D eigenvalue weighted by molar-refractivity contribution is 0.587. The maximum atomic E-state index is 2.32. The number of hydrogen-bond donors (Lipinski definition) is 0.